The quantitative estimate of drug-likeness (QED) is 0.249. The van der Waals surface area contributed by atoms with Crippen molar-refractivity contribution >= 4 is 35.4 Å². The molecular weight excluding hydrogens is 492 g/mol. The molecule has 202 valence electrons. The van der Waals surface area contributed by atoms with E-state index in [2.05, 4.69) is 26.2 Å². The first-order chi connectivity index (χ1) is 18.0. The number of nitrogens with zero attached hydrogens (tertiary/aromatic N) is 1. The van der Waals surface area contributed by atoms with Crippen LogP contribution in [0.4, 0.5) is 0 Å². The summed E-state index contributed by atoms with van der Waals surface area (Å²) >= 11 is 1.29. The molecule has 6 N–H and O–H groups in total. The van der Waals surface area contributed by atoms with E-state index >= 15 is 0 Å². The number of likely N-dealkylation sites (tertiary alicyclic amines) is 1. The van der Waals surface area contributed by atoms with Gasteiger partial charge in [0.25, 0.3) is 0 Å². The van der Waals surface area contributed by atoms with Gasteiger partial charge >= 0.3 is 0 Å². The lowest BCUT2D eigenvalue weighted by Gasteiger charge is -2.35. The number of hydrazine groups is 1. The van der Waals surface area contributed by atoms with E-state index in [4.69, 9.17) is 5.11 Å². The number of carbonyl (C=O) groups excluding carboxylic acids is 3. The minimum absolute atomic E-state index is 0.0470. The van der Waals surface area contributed by atoms with Gasteiger partial charge in [0.1, 0.15) is 17.1 Å². The van der Waals surface area contributed by atoms with Gasteiger partial charge in [-0.05, 0) is 50.5 Å². The number of amides is 3. The summed E-state index contributed by atoms with van der Waals surface area (Å²) < 4.78 is 0. The molecule has 1 saturated carbocycles. The number of nitrogens with one attached hydrogen (secondary N) is 5. The van der Waals surface area contributed by atoms with Crippen molar-refractivity contribution in [2.75, 3.05) is 19.7 Å². The number of benzene rings is 1. The second-order valence-corrected chi connectivity index (χ2v) is 10.7. The molecule has 11 heteroatoms. The molecule has 2 fully saturated rings. The maximum Gasteiger partial charge on any atom is 0.247 e. The van der Waals surface area contributed by atoms with Crippen molar-refractivity contribution < 1.29 is 19.5 Å². The Hall–Kier alpha value is -2.60. The zero-order valence-corrected chi connectivity index (χ0v) is 22.1. The molecule has 0 aromatic heterocycles. The molecule has 4 rings (SSSR count). The molecule has 1 saturated heterocycles. The van der Waals surface area contributed by atoms with Gasteiger partial charge in [-0.1, -0.05) is 49.6 Å². The van der Waals surface area contributed by atoms with Crippen LogP contribution in [0.2, 0.25) is 0 Å². The Morgan fingerprint density at radius 2 is 1.86 bits per heavy atom. The number of carbonyl (C=O) groups is 3. The average Bonchev–Trinajstić information content (AvgIpc) is 3.61. The predicted octanol–water partition coefficient (Wildman–Crippen LogP) is 1.21. The minimum Gasteiger partial charge on any atom is -0.395 e. The number of aliphatic hydroxyl groups excluding tert-OH is 1. The first kappa shape index (κ1) is 27.4. The molecule has 0 spiro atoms. The number of aliphatic hydroxyl groups is 1. The lowest BCUT2D eigenvalue weighted by molar-refractivity contribution is -0.143. The van der Waals surface area contributed by atoms with E-state index in [9.17, 15) is 14.4 Å². The Bertz CT molecular complexity index is 985. The van der Waals surface area contributed by atoms with Crippen LogP contribution in [-0.2, 0) is 14.4 Å². The van der Waals surface area contributed by atoms with Crippen molar-refractivity contribution in [2.24, 2.45) is 5.92 Å². The van der Waals surface area contributed by atoms with Gasteiger partial charge in [-0.3, -0.25) is 14.4 Å². The number of rotatable bonds is 10. The van der Waals surface area contributed by atoms with Gasteiger partial charge in [0, 0.05) is 18.7 Å². The van der Waals surface area contributed by atoms with Gasteiger partial charge in [-0.25, -0.2) is 0 Å². The van der Waals surface area contributed by atoms with E-state index in [-0.39, 0.29) is 30.2 Å². The minimum atomic E-state index is -0.664. The lowest BCUT2D eigenvalue weighted by Crippen LogP contribution is -2.58. The van der Waals surface area contributed by atoms with Crippen molar-refractivity contribution in [3.63, 3.8) is 0 Å². The van der Waals surface area contributed by atoms with Gasteiger partial charge in [0.2, 0.25) is 17.7 Å². The molecule has 2 heterocycles. The first-order valence-electron chi connectivity index (χ1n) is 13.2. The molecular formula is C26H38N6O4S. The third-order valence-corrected chi connectivity index (χ3v) is 8.05. The maximum atomic E-state index is 13.9. The summed E-state index contributed by atoms with van der Waals surface area (Å²) in [7, 11) is 0. The summed E-state index contributed by atoms with van der Waals surface area (Å²) in [5.74, 6) is -0.626. The summed E-state index contributed by atoms with van der Waals surface area (Å²) in [5, 5.41) is 18.7. The third kappa shape index (κ3) is 6.84. The van der Waals surface area contributed by atoms with E-state index in [0.717, 1.165) is 49.8 Å². The molecule has 3 atom stereocenters. The highest BCUT2D eigenvalue weighted by molar-refractivity contribution is 8.01. The van der Waals surface area contributed by atoms with Gasteiger partial charge < -0.3 is 31.4 Å². The molecule has 2 aliphatic heterocycles. The Balaban J connectivity index is 1.48. The molecule has 3 aliphatic rings. The van der Waals surface area contributed by atoms with E-state index in [1.807, 2.05) is 30.3 Å². The second kappa shape index (κ2) is 13.3. The first-order valence-corrected chi connectivity index (χ1v) is 14.0. The van der Waals surface area contributed by atoms with Gasteiger partial charge in [-0.2, -0.15) is 4.83 Å². The van der Waals surface area contributed by atoms with Gasteiger partial charge in [-0.15, -0.1) is 0 Å². The van der Waals surface area contributed by atoms with E-state index in [1.165, 1.54) is 11.9 Å². The van der Waals surface area contributed by atoms with Crippen LogP contribution in [0.15, 0.2) is 35.4 Å². The standard InChI is InChI=1S/C26H38N6O4S/c1-17(27-14-16-33)23(34)28-22(19-11-6-3-7-12-19)26(36)32-15-8-13-20(32)24(35)29-25-21(30-31-37-25)18-9-4-2-5-10-18/h2,4-5,9-10,17,19-20,22,27,30-31,33H,3,6-8,11-16H2,1H3,(H,28,34)(H,29,35)/t17-,20+,22+/m1/s1. The van der Waals surface area contributed by atoms with E-state index in [1.54, 1.807) is 11.8 Å². The average molecular weight is 531 g/mol. The van der Waals surface area contributed by atoms with Crippen molar-refractivity contribution in [1.29, 1.82) is 0 Å². The van der Waals surface area contributed by atoms with Gasteiger partial charge in [0.05, 0.1) is 18.3 Å². The Kier molecular flexibility index (Phi) is 9.84. The summed E-state index contributed by atoms with van der Waals surface area (Å²) in [5.41, 5.74) is 4.82. The summed E-state index contributed by atoms with van der Waals surface area (Å²) in [6.45, 7) is 2.44. The summed E-state index contributed by atoms with van der Waals surface area (Å²) in [6.07, 6.45) is 6.25. The molecule has 1 aromatic rings. The highest BCUT2D eigenvalue weighted by Gasteiger charge is 2.41. The molecule has 0 unspecified atom stereocenters. The van der Waals surface area contributed by atoms with Crippen molar-refractivity contribution in [1.82, 2.24) is 31.1 Å². The van der Waals surface area contributed by atoms with Crippen molar-refractivity contribution in [3.05, 3.63) is 40.9 Å². The fourth-order valence-electron chi connectivity index (χ4n) is 5.31. The summed E-state index contributed by atoms with van der Waals surface area (Å²) in [6, 6.07) is 7.93. The summed E-state index contributed by atoms with van der Waals surface area (Å²) in [4.78, 5) is 44.8. The monoisotopic (exact) mass is 530 g/mol. The van der Waals surface area contributed by atoms with Crippen LogP contribution >= 0.6 is 11.9 Å². The van der Waals surface area contributed by atoms with Crippen LogP contribution in [0.5, 0.6) is 0 Å². The highest BCUT2D eigenvalue weighted by Crippen LogP contribution is 2.30. The van der Waals surface area contributed by atoms with Gasteiger partial charge in [0.15, 0.2) is 0 Å². The van der Waals surface area contributed by atoms with Crippen molar-refractivity contribution in [2.45, 2.75) is 70.0 Å². The molecule has 0 radical (unpaired) electrons. The van der Waals surface area contributed by atoms with Crippen LogP contribution < -0.4 is 26.2 Å². The predicted molar refractivity (Wildman–Crippen MR) is 143 cm³/mol. The fourth-order valence-corrected chi connectivity index (χ4v) is 5.99. The molecule has 3 amide bonds. The highest BCUT2D eigenvalue weighted by atomic mass is 32.2. The number of hydrogen-bond acceptors (Lipinski definition) is 8. The molecule has 0 bridgehead atoms. The van der Waals surface area contributed by atoms with Crippen LogP contribution in [0.25, 0.3) is 5.70 Å². The normalized spacial score (nSPS) is 21.9. The largest absolute Gasteiger partial charge is 0.395 e. The van der Waals surface area contributed by atoms with Crippen LogP contribution in [0.3, 0.4) is 0 Å². The zero-order valence-electron chi connectivity index (χ0n) is 21.3. The third-order valence-electron chi connectivity index (χ3n) is 7.33. The fraction of sp³-hybridized carbons (Fsp3) is 0.577. The topological polar surface area (TPSA) is 135 Å². The second-order valence-electron chi connectivity index (χ2n) is 9.86. The van der Waals surface area contributed by atoms with E-state index < -0.39 is 18.1 Å². The smallest absolute Gasteiger partial charge is 0.247 e. The molecule has 1 aliphatic carbocycles. The molecule has 10 nitrogen and oxygen atoms in total. The lowest BCUT2D eigenvalue weighted by atomic mass is 9.83. The number of hydrogen-bond donors (Lipinski definition) is 6. The SMILES string of the molecule is C[C@@H](NCCO)C(=O)N[C@H](C(=O)N1CCC[C@H]1C(=O)NC1=C(c2ccccc2)NNS1)C1CCCCC1. The molecule has 37 heavy (non-hydrogen) atoms. The van der Waals surface area contributed by atoms with Crippen LogP contribution in [0, 0.1) is 5.92 Å². The zero-order chi connectivity index (χ0) is 26.2. The Morgan fingerprint density at radius 3 is 2.59 bits per heavy atom. The van der Waals surface area contributed by atoms with E-state index in [0.29, 0.717) is 24.5 Å². The Labute approximate surface area is 222 Å². The van der Waals surface area contributed by atoms with Crippen LogP contribution in [0.1, 0.15) is 57.4 Å². The van der Waals surface area contributed by atoms with Crippen molar-refractivity contribution in [3.8, 4) is 0 Å². The molecule has 1 aromatic carbocycles. The Morgan fingerprint density at radius 1 is 1.11 bits per heavy atom. The van der Waals surface area contributed by atoms with Crippen LogP contribution in [-0.4, -0.2) is 65.5 Å². The maximum absolute atomic E-state index is 13.9.